The van der Waals surface area contributed by atoms with E-state index in [9.17, 15) is 9.18 Å². The molecule has 1 amide bonds. The van der Waals surface area contributed by atoms with Crippen molar-refractivity contribution in [3.8, 4) is 0 Å². The fourth-order valence-electron chi connectivity index (χ4n) is 6.43. The Morgan fingerprint density at radius 3 is 2.09 bits per heavy atom. The standard InChI is InChI=1S/C19H29B8ClF2N4O/c1-9-5-31-14(32-6-9)17(24,25)33-19(26,27)18(30)15(20,21)7-34(8-16(18,22)23)13(35)10-2-3-12(29)11(28)4-10/h2-6,33H,7-8,20-27H2,1H3. The van der Waals surface area contributed by atoms with Gasteiger partial charge in [-0.05, 0) is 46.5 Å². The van der Waals surface area contributed by atoms with E-state index in [2.05, 4.69) is 15.3 Å². The maximum absolute atomic E-state index is 17.7. The SMILES string of the molecule is BC(B)(NC(B)(B)C1(F)C(B)(B)CN(C(=O)c2ccc(F)c(Cl)c2)CC1(B)B)c1ncc(C)cn1. The first-order valence-corrected chi connectivity index (χ1v) is 12.2. The number of piperidine rings is 1. The first kappa shape index (κ1) is 28.0. The molecule has 0 saturated carbocycles. The van der Waals surface area contributed by atoms with Gasteiger partial charge in [0, 0.05) is 36.4 Å². The van der Waals surface area contributed by atoms with Crippen LogP contribution >= 0.6 is 11.6 Å². The van der Waals surface area contributed by atoms with Gasteiger partial charge in [-0.15, -0.1) is 0 Å². The van der Waals surface area contributed by atoms with E-state index in [4.69, 9.17) is 11.6 Å². The highest BCUT2D eigenvalue weighted by atomic mass is 35.5. The van der Waals surface area contributed by atoms with Crippen LogP contribution in [0.2, 0.25) is 15.5 Å². The summed E-state index contributed by atoms with van der Waals surface area (Å²) in [5, 5.41) is -0.198. The van der Waals surface area contributed by atoms with E-state index >= 15 is 4.39 Å². The van der Waals surface area contributed by atoms with Crippen molar-refractivity contribution in [1.82, 2.24) is 20.2 Å². The van der Waals surface area contributed by atoms with Crippen molar-refractivity contribution in [2.45, 2.75) is 33.7 Å². The third-order valence-electron chi connectivity index (χ3n) is 7.32. The summed E-state index contributed by atoms with van der Waals surface area (Å²) >= 11 is 5.91. The van der Waals surface area contributed by atoms with Gasteiger partial charge in [0.2, 0.25) is 0 Å². The number of likely N-dealkylation sites (tertiary alicyclic amines) is 1. The van der Waals surface area contributed by atoms with Crippen molar-refractivity contribution >= 4 is 80.3 Å². The summed E-state index contributed by atoms with van der Waals surface area (Å²) < 4.78 is 31.3. The molecule has 1 saturated heterocycles. The van der Waals surface area contributed by atoms with Crippen molar-refractivity contribution in [2.75, 3.05) is 13.1 Å². The summed E-state index contributed by atoms with van der Waals surface area (Å²) in [4.78, 5) is 23.9. The van der Waals surface area contributed by atoms with Crippen molar-refractivity contribution in [3.05, 3.63) is 58.4 Å². The smallest absolute Gasteiger partial charge is 0.253 e. The molecule has 1 fully saturated rings. The van der Waals surface area contributed by atoms with E-state index in [0.717, 1.165) is 5.56 Å². The van der Waals surface area contributed by atoms with E-state index in [0.29, 0.717) is 5.82 Å². The number of amides is 1. The first-order chi connectivity index (χ1) is 15.8. The Morgan fingerprint density at radius 1 is 1.09 bits per heavy atom. The predicted octanol–water partition coefficient (Wildman–Crippen LogP) is -4.91. The third kappa shape index (κ3) is 4.87. The fourth-order valence-corrected chi connectivity index (χ4v) is 6.61. The number of aromatic nitrogens is 2. The van der Waals surface area contributed by atoms with Gasteiger partial charge in [0.1, 0.15) is 80.1 Å². The zero-order chi connectivity index (χ0) is 26.6. The van der Waals surface area contributed by atoms with Gasteiger partial charge in [0.25, 0.3) is 5.91 Å². The van der Waals surface area contributed by atoms with Gasteiger partial charge in [-0.1, -0.05) is 11.6 Å². The molecule has 0 spiro atoms. The number of nitrogens with zero attached hydrogens (tertiary/aromatic N) is 3. The highest BCUT2D eigenvalue weighted by Crippen LogP contribution is 2.58. The molecule has 0 radical (unpaired) electrons. The van der Waals surface area contributed by atoms with Crippen molar-refractivity contribution < 1.29 is 13.6 Å². The van der Waals surface area contributed by atoms with E-state index in [-0.39, 0.29) is 29.6 Å². The van der Waals surface area contributed by atoms with Crippen LogP contribution in [0.15, 0.2) is 30.6 Å². The van der Waals surface area contributed by atoms with Gasteiger partial charge in [-0.3, -0.25) is 4.79 Å². The maximum Gasteiger partial charge on any atom is 0.253 e. The average Bonchev–Trinajstić information content (AvgIpc) is 2.72. The minimum absolute atomic E-state index is 0.114. The van der Waals surface area contributed by atoms with Crippen LogP contribution in [-0.4, -0.2) is 108 Å². The minimum Gasteiger partial charge on any atom is -0.340 e. The molecule has 5 nitrogen and oxygen atoms in total. The molecule has 1 aromatic heterocycles. The molecule has 0 unspecified atom stereocenters. The molecule has 2 aromatic rings. The number of hydrogen-bond donors (Lipinski definition) is 1. The average molecular weight is 489 g/mol. The van der Waals surface area contributed by atoms with Crippen LogP contribution in [0.3, 0.4) is 0 Å². The Balaban J connectivity index is 1.95. The lowest BCUT2D eigenvalue weighted by molar-refractivity contribution is 0.00522. The summed E-state index contributed by atoms with van der Waals surface area (Å²) in [5.41, 5.74) is -0.511. The van der Waals surface area contributed by atoms with E-state index in [1.54, 1.807) is 17.3 Å². The van der Waals surface area contributed by atoms with Crippen LogP contribution in [-0.2, 0) is 5.34 Å². The number of halogens is 3. The topological polar surface area (TPSA) is 58.1 Å². The lowest BCUT2D eigenvalue weighted by Crippen LogP contribution is -2.79. The van der Waals surface area contributed by atoms with Crippen molar-refractivity contribution in [2.24, 2.45) is 0 Å². The molecular formula is C19H29B8ClF2N4O. The normalized spacial score (nSPS) is 19.3. The number of nitrogens with one attached hydrogen (secondary N) is 1. The second-order valence-electron chi connectivity index (χ2n) is 12.2. The molecule has 1 aromatic carbocycles. The van der Waals surface area contributed by atoms with E-state index in [1.807, 2.05) is 69.7 Å². The molecule has 0 atom stereocenters. The van der Waals surface area contributed by atoms with Crippen LogP contribution in [0.4, 0.5) is 8.78 Å². The van der Waals surface area contributed by atoms with Gasteiger partial charge in [-0.25, -0.2) is 18.7 Å². The Morgan fingerprint density at radius 2 is 1.60 bits per heavy atom. The highest BCUT2D eigenvalue weighted by molar-refractivity contribution is 6.52. The summed E-state index contributed by atoms with van der Waals surface area (Å²) in [6.45, 7) is 2.30. The monoisotopic (exact) mass is 490 g/mol. The number of carbonyl (C=O) groups is 1. The largest absolute Gasteiger partial charge is 0.340 e. The molecule has 1 aliphatic heterocycles. The molecule has 1 aliphatic rings. The number of carbonyl (C=O) groups excluding carboxylic acids is 1. The van der Waals surface area contributed by atoms with Crippen LogP contribution in [0.25, 0.3) is 0 Å². The second kappa shape index (κ2) is 9.05. The third-order valence-corrected chi connectivity index (χ3v) is 7.61. The summed E-state index contributed by atoms with van der Waals surface area (Å²) in [6, 6.07) is 3.92. The summed E-state index contributed by atoms with van der Waals surface area (Å²) in [7, 11) is 15.0. The number of aryl methyl sites for hydroxylation is 1. The summed E-state index contributed by atoms with van der Waals surface area (Å²) in [5.74, 6) is -0.302. The second-order valence-corrected chi connectivity index (χ2v) is 12.6. The van der Waals surface area contributed by atoms with Crippen LogP contribution in [0.5, 0.6) is 0 Å². The molecular weight excluding hydrogens is 460 g/mol. The predicted molar refractivity (Wildman–Crippen MR) is 159 cm³/mol. The summed E-state index contributed by atoms with van der Waals surface area (Å²) in [6.07, 6.45) is 3.51. The zero-order valence-electron chi connectivity index (χ0n) is 22.2. The highest BCUT2D eigenvalue weighted by Gasteiger charge is 2.66. The van der Waals surface area contributed by atoms with Crippen molar-refractivity contribution in [3.63, 3.8) is 0 Å². The molecule has 2 heterocycles. The van der Waals surface area contributed by atoms with Crippen LogP contribution in [0, 0.1) is 12.7 Å². The first-order valence-electron chi connectivity index (χ1n) is 11.9. The number of rotatable bonds is 5. The van der Waals surface area contributed by atoms with Crippen molar-refractivity contribution in [1.29, 1.82) is 0 Å². The number of hydrogen-bond acceptors (Lipinski definition) is 4. The molecule has 0 bridgehead atoms. The maximum atomic E-state index is 17.7. The number of benzene rings is 1. The Labute approximate surface area is 219 Å². The lowest BCUT2D eigenvalue weighted by Gasteiger charge is -2.65. The minimum atomic E-state index is -1.74. The van der Waals surface area contributed by atoms with Crippen LogP contribution < -0.4 is 5.32 Å². The molecule has 35 heavy (non-hydrogen) atoms. The van der Waals surface area contributed by atoms with Gasteiger partial charge in [0.15, 0.2) is 0 Å². The van der Waals surface area contributed by atoms with Crippen LogP contribution in [0.1, 0.15) is 21.7 Å². The van der Waals surface area contributed by atoms with Gasteiger partial charge < -0.3 is 10.2 Å². The van der Waals surface area contributed by atoms with Gasteiger partial charge in [-0.2, -0.15) is 0 Å². The molecule has 3 rings (SSSR count). The quantitative estimate of drug-likeness (QED) is 0.428. The molecule has 16 heteroatoms. The fraction of sp³-hybridized carbons (Fsp3) is 0.421. The Bertz CT molecular complexity index is 1120. The Hall–Kier alpha value is -1.60. The molecule has 0 aliphatic carbocycles. The van der Waals surface area contributed by atoms with Gasteiger partial charge >= 0.3 is 0 Å². The molecule has 176 valence electrons. The molecule has 1 N–H and O–H groups in total. The van der Waals surface area contributed by atoms with Gasteiger partial charge in [0.05, 0.1) is 5.02 Å². The lowest BCUT2D eigenvalue weighted by atomic mass is 9.24. The van der Waals surface area contributed by atoms with E-state index < -0.39 is 32.6 Å². The van der Waals surface area contributed by atoms with E-state index in [1.165, 1.54) is 18.2 Å². The number of alkyl halides is 1. The Kier molecular flexibility index (Phi) is 7.24. The zero-order valence-corrected chi connectivity index (χ0v) is 22.9.